The van der Waals surface area contributed by atoms with Gasteiger partial charge in [-0.05, 0) is 23.1 Å². The van der Waals surface area contributed by atoms with Crippen LogP contribution in [0, 0.1) is 0 Å². The number of hydrogen-bond acceptors (Lipinski definition) is 1. The van der Waals surface area contributed by atoms with Crippen molar-refractivity contribution >= 4 is 0 Å². The quantitative estimate of drug-likeness (QED) is 0.730. The van der Waals surface area contributed by atoms with Crippen LogP contribution in [0.15, 0.2) is 24.3 Å². The minimum Gasteiger partial charge on any atom is -0.428 e. The van der Waals surface area contributed by atoms with Gasteiger partial charge in [-0.25, -0.2) is 0 Å². The number of alkyl halides is 4. The molecule has 0 saturated carbocycles. The second kappa shape index (κ2) is 4.55. The number of ether oxygens (including phenoxy) is 1. The molecule has 1 aromatic rings. The Labute approximate surface area is 97.4 Å². The van der Waals surface area contributed by atoms with E-state index in [4.69, 9.17) is 0 Å². The smallest absolute Gasteiger partial charge is 0.428 e. The molecule has 96 valence electrons. The molecule has 0 aliphatic carbocycles. The summed E-state index contributed by atoms with van der Waals surface area (Å²) in [4.78, 5) is 0. The van der Waals surface area contributed by atoms with Crippen molar-refractivity contribution in [3.63, 3.8) is 0 Å². The third kappa shape index (κ3) is 3.61. The molecule has 0 N–H and O–H groups in total. The third-order valence-electron chi connectivity index (χ3n) is 2.21. The fourth-order valence-electron chi connectivity index (χ4n) is 1.23. The Morgan fingerprint density at radius 3 is 2.18 bits per heavy atom. The van der Waals surface area contributed by atoms with E-state index in [1.807, 2.05) is 20.8 Å². The van der Waals surface area contributed by atoms with Gasteiger partial charge in [0, 0.05) is 0 Å². The summed E-state index contributed by atoms with van der Waals surface area (Å²) in [5.74, 6) is -0.261. The maximum Gasteiger partial charge on any atom is 0.461 e. The van der Waals surface area contributed by atoms with Gasteiger partial charge in [0.25, 0.3) is 0 Å². The fraction of sp³-hybridized carbons (Fsp3) is 0.500. The van der Waals surface area contributed by atoms with Crippen LogP contribution >= 0.6 is 0 Å². The molecule has 0 aliphatic rings. The zero-order chi connectivity index (χ0) is 13.3. The summed E-state index contributed by atoms with van der Waals surface area (Å²) in [6.07, 6.45) is -8.31. The monoisotopic (exact) mass is 250 g/mol. The maximum atomic E-state index is 12.7. The maximum absolute atomic E-state index is 12.7. The molecule has 17 heavy (non-hydrogen) atoms. The fourth-order valence-corrected chi connectivity index (χ4v) is 1.23. The van der Waals surface area contributed by atoms with Crippen molar-refractivity contribution in [3.8, 4) is 5.75 Å². The van der Waals surface area contributed by atoms with Crippen LogP contribution in [0.25, 0.3) is 0 Å². The van der Waals surface area contributed by atoms with Crippen molar-refractivity contribution in [2.75, 3.05) is 0 Å². The van der Waals surface area contributed by atoms with E-state index in [2.05, 4.69) is 4.74 Å². The van der Waals surface area contributed by atoms with E-state index in [0.717, 1.165) is 5.56 Å². The zero-order valence-electron chi connectivity index (χ0n) is 9.81. The lowest BCUT2D eigenvalue weighted by atomic mass is 9.87. The van der Waals surface area contributed by atoms with E-state index < -0.39 is 12.5 Å². The predicted octanol–water partition coefficient (Wildman–Crippen LogP) is 4.22. The first-order valence-electron chi connectivity index (χ1n) is 5.08. The lowest BCUT2D eigenvalue weighted by molar-refractivity contribution is -0.253. The molecule has 0 fully saturated rings. The first-order valence-corrected chi connectivity index (χ1v) is 5.08. The molecule has 1 nitrogen and oxygen atoms in total. The van der Waals surface area contributed by atoms with E-state index in [9.17, 15) is 17.6 Å². The van der Waals surface area contributed by atoms with E-state index in [-0.39, 0.29) is 11.2 Å². The summed E-state index contributed by atoms with van der Waals surface area (Å²) in [6, 6.07) is 5.80. The highest BCUT2D eigenvalue weighted by Crippen LogP contribution is 2.30. The van der Waals surface area contributed by atoms with E-state index in [1.54, 1.807) is 6.07 Å². The van der Waals surface area contributed by atoms with E-state index >= 15 is 0 Å². The van der Waals surface area contributed by atoms with Gasteiger partial charge < -0.3 is 4.74 Å². The first-order chi connectivity index (χ1) is 7.63. The van der Waals surface area contributed by atoms with Gasteiger partial charge in [0.05, 0.1) is 0 Å². The van der Waals surface area contributed by atoms with Gasteiger partial charge in [-0.2, -0.15) is 17.6 Å². The Kier molecular flexibility index (Phi) is 3.69. The second-order valence-corrected chi connectivity index (χ2v) is 4.74. The molecule has 1 rings (SSSR count). The molecule has 0 amide bonds. The molecule has 0 heterocycles. The highest BCUT2D eigenvalue weighted by molar-refractivity contribution is 5.32. The van der Waals surface area contributed by atoms with Gasteiger partial charge in [0.15, 0.2) is 0 Å². The zero-order valence-corrected chi connectivity index (χ0v) is 9.81. The normalized spacial score (nSPS) is 12.9. The summed E-state index contributed by atoms with van der Waals surface area (Å²) in [5, 5.41) is 0. The molecule has 0 aromatic heterocycles. The summed E-state index contributed by atoms with van der Waals surface area (Å²) < 4.78 is 53.3. The van der Waals surface area contributed by atoms with Crippen LogP contribution in [-0.4, -0.2) is 12.5 Å². The van der Waals surface area contributed by atoms with Gasteiger partial charge in [0.2, 0.25) is 0 Å². The topological polar surface area (TPSA) is 9.23 Å². The number of rotatable bonds is 3. The molecule has 0 aliphatic heterocycles. The van der Waals surface area contributed by atoms with Gasteiger partial charge in [-0.3, -0.25) is 0 Å². The van der Waals surface area contributed by atoms with Gasteiger partial charge >= 0.3 is 12.5 Å². The molecule has 0 unspecified atom stereocenters. The largest absolute Gasteiger partial charge is 0.461 e. The van der Waals surface area contributed by atoms with Crippen molar-refractivity contribution in [3.05, 3.63) is 29.8 Å². The summed E-state index contributed by atoms with van der Waals surface area (Å²) in [6.45, 7) is 5.66. The Bertz CT molecular complexity index is 382. The summed E-state index contributed by atoms with van der Waals surface area (Å²) >= 11 is 0. The van der Waals surface area contributed by atoms with Crippen LogP contribution in [0.5, 0.6) is 5.75 Å². The van der Waals surface area contributed by atoms with Crippen LogP contribution in [-0.2, 0) is 5.41 Å². The standard InChI is InChI=1S/C12H14F4O/c1-11(2,3)8-5-4-6-9(7-8)17-12(15,16)10(13)14/h4-7,10H,1-3H3. The number of halogens is 4. The lowest BCUT2D eigenvalue weighted by Gasteiger charge is -2.21. The van der Waals surface area contributed by atoms with Crippen LogP contribution in [0.3, 0.4) is 0 Å². The van der Waals surface area contributed by atoms with E-state index in [0.29, 0.717) is 0 Å². The van der Waals surface area contributed by atoms with Crippen molar-refractivity contribution in [2.45, 2.75) is 38.7 Å². The average Bonchev–Trinajstić information content (AvgIpc) is 2.15. The molecule has 0 atom stereocenters. The highest BCUT2D eigenvalue weighted by Gasteiger charge is 2.44. The predicted molar refractivity (Wildman–Crippen MR) is 56.7 cm³/mol. The van der Waals surface area contributed by atoms with Crippen molar-refractivity contribution in [2.24, 2.45) is 0 Å². The minimum atomic E-state index is -4.46. The van der Waals surface area contributed by atoms with Crippen molar-refractivity contribution in [1.82, 2.24) is 0 Å². The van der Waals surface area contributed by atoms with Gasteiger partial charge in [-0.15, -0.1) is 0 Å². The third-order valence-corrected chi connectivity index (χ3v) is 2.21. The molecular weight excluding hydrogens is 236 g/mol. The molecular formula is C12H14F4O. The second-order valence-electron chi connectivity index (χ2n) is 4.74. The average molecular weight is 250 g/mol. The van der Waals surface area contributed by atoms with Gasteiger partial charge in [0.1, 0.15) is 5.75 Å². The Balaban J connectivity index is 2.94. The number of hydrogen-bond donors (Lipinski definition) is 0. The van der Waals surface area contributed by atoms with Gasteiger partial charge in [-0.1, -0.05) is 32.9 Å². The van der Waals surface area contributed by atoms with Crippen LogP contribution in [0.4, 0.5) is 17.6 Å². The molecule has 0 spiro atoms. The number of benzene rings is 1. The van der Waals surface area contributed by atoms with Crippen molar-refractivity contribution < 1.29 is 22.3 Å². The lowest BCUT2D eigenvalue weighted by Crippen LogP contribution is -2.33. The Hall–Kier alpha value is -1.26. The first kappa shape index (κ1) is 13.8. The molecule has 0 saturated heterocycles. The Morgan fingerprint density at radius 2 is 1.71 bits per heavy atom. The SMILES string of the molecule is CC(C)(C)c1cccc(OC(F)(F)C(F)F)c1. The summed E-state index contributed by atoms with van der Waals surface area (Å²) in [5.41, 5.74) is 0.472. The molecule has 5 heteroatoms. The van der Waals surface area contributed by atoms with Crippen LogP contribution < -0.4 is 4.74 Å². The summed E-state index contributed by atoms with van der Waals surface area (Å²) in [7, 11) is 0. The molecule has 0 bridgehead atoms. The van der Waals surface area contributed by atoms with E-state index in [1.165, 1.54) is 18.2 Å². The molecule has 0 radical (unpaired) electrons. The van der Waals surface area contributed by atoms with Crippen molar-refractivity contribution in [1.29, 1.82) is 0 Å². The van der Waals surface area contributed by atoms with Crippen LogP contribution in [0.1, 0.15) is 26.3 Å². The Morgan fingerprint density at radius 1 is 1.12 bits per heavy atom. The minimum absolute atomic E-state index is 0.261. The highest BCUT2D eigenvalue weighted by atomic mass is 19.3. The van der Waals surface area contributed by atoms with Crippen LogP contribution in [0.2, 0.25) is 0 Å². The molecule has 1 aromatic carbocycles.